The topological polar surface area (TPSA) is 78.0 Å². The maximum atomic E-state index is 11.4. The van der Waals surface area contributed by atoms with Crippen molar-refractivity contribution < 1.29 is 5.11 Å². The van der Waals surface area contributed by atoms with Crippen molar-refractivity contribution in [2.75, 3.05) is 11.9 Å². The van der Waals surface area contributed by atoms with Crippen LogP contribution < -0.4 is 10.9 Å². The van der Waals surface area contributed by atoms with Gasteiger partial charge in [-0.2, -0.15) is 5.10 Å². The van der Waals surface area contributed by atoms with E-state index in [1.807, 2.05) is 0 Å². The number of halogens is 1. The highest BCUT2D eigenvalue weighted by atomic mass is 35.5. The summed E-state index contributed by atoms with van der Waals surface area (Å²) in [6, 6.07) is 0. The molecule has 0 bridgehead atoms. The molecule has 6 heteroatoms. The minimum Gasteiger partial charge on any atom is -0.394 e. The van der Waals surface area contributed by atoms with Gasteiger partial charge in [-0.3, -0.25) is 4.79 Å². The lowest BCUT2D eigenvalue weighted by molar-refractivity contribution is 0.149. The summed E-state index contributed by atoms with van der Waals surface area (Å²) >= 11 is 5.94. The molecule has 0 aliphatic heterocycles. The van der Waals surface area contributed by atoms with E-state index in [4.69, 9.17) is 11.6 Å². The molecule has 1 aliphatic carbocycles. The van der Waals surface area contributed by atoms with E-state index in [0.717, 1.165) is 19.3 Å². The van der Waals surface area contributed by atoms with Gasteiger partial charge in [0.2, 0.25) is 0 Å². The predicted octanol–water partition coefficient (Wildman–Crippen LogP) is 1.78. The highest BCUT2D eigenvalue weighted by molar-refractivity contribution is 6.32. The lowest BCUT2D eigenvalue weighted by Gasteiger charge is -2.40. The van der Waals surface area contributed by atoms with Gasteiger partial charge in [0, 0.05) is 0 Å². The highest BCUT2D eigenvalue weighted by Gasteiger charge is 2.34. The van der Waals surface area contributed by atoms with Crippen LogP contribution in [-0.2, 0) is 0 Å². The Kier molecular flexibility index (Phi) is 3.92. The Morgan fingerprint density at radius 3 is 3.17 bits per heavy atom. The van der Waals surface area contributed by atoms with Gasteiger partial charge >= 0.3 is 0 Å². The molecule has 0 saturated heterocycles. The van der Waals surface area contributed by atoms with Crippen LogP contribution in [0.3, 0.4) is 0 Å². The van der Waals surface area contributed by atoms with Crippen LogP contribution in [-0.4, -0.2) is 27.4 Å². The summed E-state index contributed by atoms with van der Waals surface area (Å²) in [6.45, 7) is 2.20. The molecule has 3 N–H and O–H groups in total. The number of aliphatic hydroxyl groups excluding tert-OH is 1. The van der Waals surface area contributed by atoms with Gasteiger partial charge in [-0.25, -0.2) is 5.10 Å². The zero-order valence-corrected chi connectivity index (χ0v) is 11.1. The number of nitrogens with one attached hydrogen (secondary N) is 2. The van der Waals surface area contributed by atoms with Crippen LogP contribution in [0.5, 0.6) is 0 Å². The summed E-state index contributed by atoms with van der Waals surface area (Å²) in [5, 5.41) is 19.0. The summed E-state index contributed by atoms with van der Waals surface area (Å²) < 4.78 is 0. The Morgan fingerprint density at radius 1 is 1.72 bits per heavy atom. The molecular formula is C12H18ClN3O2. The average Bonchev–Trinajstić information content (AvgIpc) is 2.35. The summed E-state index contributed by atoms with van der Waals surface area (Å²) in [5.74, 6) is 0.548. The lowest BCUT2D eigenvalue weighted by Crippen LogP contribution is -2.46. The monoisotopic (exact) mass is 271 g/mol. The third kappa shape index (κ3) is 2.67. The van der Waals surface area contributed by atoms with Crippen molar-refractivity contribution in [1.29, 1.82) is 0 Å². The third-order valence-electron chi connectivity index (χ3n) is 3.59. The molecule has 0 aromatic carbocycles. The quantitative estimate of drug-likeness (QED) is 0.783. The number of aromatic nitrogens is 2. The van der Waals surface area contributed by atoms with Gasteiger partial charge in [0.25, 0.3) is 5.56 Å². The second-order valence-electron chi connectivity index (χ2n) is 5.19. The van der Waals surface area contributed by atoms with Crippen LogP contribution in [0.2, 0.25) is 5.02 Å². The lowest BCUT2D eigenvalue weighted by atomic mass is 9.76. The molecule has 1 aromatic heterocycles. The van der Waals surface area contributed by atoms with Gasteiger partial charge in [-0.1, -0.05) is 31.4 Å². The van der Waals surface area contributed by atoms with E-state index in [0.29, 0.717) is 11.6 Å². The van der Waals surface area contributed by atoms with E-state index in [9.17, 15) is 9.90 Å². The molecule has 2 rings (SSSR count). The SMILES string of the molecule is CC1CCCC(CO)(Nc2cn[nH]c(=O)c2Cl)C1. The van der Waals surface area contributed by atoms with Crippen molar-refractivity contribution >= 4 is 17.3 Å². The van der Waals surface area contributed by atoms with Crippen molar-refractivity contribution in [3.63, 3.8) is 0 Å². The van der Waals surface area contributed by atoms with Gasteiger partial charge in [-0.15, -0.1) is 0 Å². The summed E-state index contributed by atoms with van der Waals surface area (Å²) in [5.41, 5.74) is -0.321. The molecule has 0 radical (unpaired) electrons. The summed E-state index contributed by atoms with van der Waals surface area (Å²) in [4.78, 5) is 11.4. The van der Waals surface area contributed by atoms with E-state index < -0.39 is 11.1 Å². The fourth-order valence-electron chi connectivity index (χ4n) is 2.71. The van der Waals surface area contributed by atoms with E-state index >= 15 is 0 Å². The smallest absolute Gasteiger partial charge is 0.285 e. The van der Waals surface area contributed by atoms with Crippen LogP contribution in [0, 0.1) is 5.92 Å². The van der Waals surface area contributed by atoms with E-state index in [-0.39, 0.29) is 11.6 Å². The Labute approximate surface area is 111 Å². The van der Waals surface area contributed by atoms with Gasteiger partial charge in [0.15, 0.2) is 0 Å². The van der Waals surface area contributed by atoms with Crippen molar-refractivity contribution in [1.82, 2.24) is 10.2 Å². The first-order chi connectivity index (χ1) is 8.56. The molecule has 1 fully saturated rings. The van der Waals surface area contributed by atoms with Gasteiger partial charge in [0.1, 0.15) is 5.02 Å². The first-order valence-electron chi connectivity index (χ1n) is 6.18. The third-order valence-corrected chi connectivity index (χ3v) is 3.96. The number of hydrogen-bond donors (Lipinski definition) is 3. The molecule has 5 nitrogen and oxygen atoms in total. The van der Waals surface area contributed by atoms with Gasteiger partial charge in [0.05, 0.1) is 24.0 Å². The number of nitrogens with zero attached hydrogens (tertiary/aromatic N) is 1. The molecule has 2 unspecified atom stereocenters. The largest absolute Gasteiger partial charge is 0.394 e. The molecule has 1 aromatic rings. The Balaban J connectivity index is 2.24. The zero-order chi connectivity index (χ0) is 13.2. The summed E-state index contributed by atoms with van der Waals surface area (Å²) in [7, 11) is 0. The molecule has 1 aliphatic rings. The average molecular weight is 272 g/mol. The van der Waals surface area contributed by atoms with E-state index in [2.05, 4.69) is 22.4 Å². The highest BCUT2D eigenvalue weighted by Crippen LogP contribution is 2.35. The Bertz CT molecular complexity index is 477. The van der Waals surface area contributed by atoms with Crippen LogP contribution >= 0.6 is 11.6 Å². The van der Waals surface area contributed by atoms with E-state index in [1.54, 1.807) is 0 Å². The molecule has 18 heavy (non-hydrogen) atoms. The van der Waals surface area contributed by atoms with Crippen LogP contribution in [0.4, 0.5) is 5.69 Å². The number of hydrogen-bond acceptors (Lipinski definition) is 4. The minimum atomic E-state index is -0.418. The zero-order valence-electron chi connectivity index (χ0n) is 10.4. The van der Waals surface area contributed by atoms with Gasteiger partial charge in [-0.05, 0) is 18.8 Å². The molecule has 1 saturated carbocycles. The summed E-state index contributed by atoms with van der Waals surface area (Å²) in [6.07, 6.45) is 5.46. The number of rotatable bonds is 3. The Morgan fingerprint density at radius 2 is 2.50 bits per heavy atom. The molecule has 0 spiro atoms. The first kappa shape index (κ1) is 13.4. The second kappa shape index (κ2) is 5.28. The van der Waals surface area contributed by atoms with Crippen molar-refractivity contribution in [3.05, 3.63) is 21.6 Å². The maximum absolute atomic E-state index is 11.4. The normalized spacial score (nSPS) is 28.1. The number of H-pyrrole nitrogens is 1. The molecule has 1 heterocycles. The van der Waals surface area contributed by atoms with Crippen LogP contribution in [0.15, 0.2) is 11.0 Å². The maximum Gasteiger partial charge on any atom is 0.285 e. The van der Waals surface area contributed by atoms with E-state index in [1.165, 1.54) is 12.6 Å². The Hall–Kier alpha value is -1.07. The fourth-order valence-corrected chi connectivity index (χ4v) is 2.85. The molecule has 2 atom stereocenters. The minimum absolute atomic E-state index is 0.0282. The number of anilines is 1. The molecule has 100 valence electrons. The fraction of sp³-hybridized carbons (Fsp3) is 0.667. The van der Waals surface area contributed by atoms with Crippen molar-refractivity contribution in [2.45, 2.75) is 38.1 Å². The molecular weight excluding hydrogens is 254 g/mol. The number of aliphatic hydroxyl groups is 1. The van der Waals surface area contributed by atoms with Gasteiger partial charge < -0.3 is 10.4 Å². The van der Waals surface area contributed by atoms with Crippen molar-refractivity contribution in [3.8, 4) is 0 Å². The second-order valence-corrected chi connectivity index (χ2v) is 5.57. The standard InChI is InChI=1S/C12H18ClN3O2/c1-8-3-2-4-12(5-8,7-17)15-9-6-14-16-11(18)10(9)13/h6,8,17H,2-5,7H2,1H3,(H2,15,16,18). The molecule has 0 amide bonds. The van der Waals surface area contributed by atoms with Crippen molar-refractivity contribution in [2.24, 2.45) is 5.92 Å². The number of aromatic amines is 1. The predicted molar refractivity (Wildman–Crippen MR) is 70.9 cm³/mol. The van der Waals surface area contributed by atoms with Crippen LogP contribution in [0.1, 0.15) is 32.6 Å². The first-order valence-corrected chi connectivity index (χ1v) is 6.56. The van der Waals surface area contributed by atoms with Crippen LogP contribution in [0.25, 0.3) is 0 Å².